The number of hydrogen-bond acceptors (Lipinski definition) is 2. The van der Waals surface area contributed by atoms with Gasteiger partial charge >= 0.3 is 7.12 Å². The second-order valence-electron chi connectivity index (χ2n) is 3.43. The predicted molar refractivity (Wildman–Crippen MR) is 55.9 cm³/mol. The first kappa shape index (κ1) is 9.25. The zero-order valence-corrected chi connectivity index (χ0v) is 8.66. The molecule has 0 aliphatic heterocycles. The molecular weight excluding hydrogens is 231 g/mol. The van der Waals surface area contributed by atoms with Crippen molar-refractivity contribution in [1.29, 1.82) is 0 Å². The second-order valence-corrected chi connectivity index (χ2v) is 4.28. The molecule has 2 N–H and O–H groups in total. The summed E-state index contributed by atoms with van der Waals surface area (Å²) >= 11 is 3.43. The molecule has 0 saturated heterocycles. The van der Waals surface area contributed by atoms with Gasteiger partial charge in [0.15, 0.2) is 0 Å². The van der Waals surface area contributed by atoms with Gasteiger partial charge in [-0.1, -0.05) is 28.1 Å². The highest BCUT2D eigenvalue weighted by molar-refractivity contribution is 9.10. The average molecular weight is 241 g/mol. The average Bonchev–Trinajstić information content (AvgIpc) is 2.87. The van der Waals surface area contributed by atoms with Crippen LogP contribution in [0.4, 0.5) is 0 Å². The van der Waals surface area contributed by atoms with Gasteiger partial charge < -0.3 is 10.0 Å². The summed E-state index contributed by atoms with van der Waals surface area (Å²) in [6.45, 7) is 0. The molecule has 1 aromatic rings. The highest BCUT2D eigenvalue weighted by Crippen LogP contribution is 2.42. The van der Waals surface area contributed by atoms with Crippen molar-refractivity contribution in [2.24, 2.45) is 0 Å². The number of benzene rings is 1. The van der Waals surface area contributed by atoms with Crippen LogP contribution in [0, 0.1) is 0 Å². The zero-order chi connectivity index (χ0) is 9.42. The van der Waals surface area contributed by atoms with Crippen LogP contribution in [0.5, 0.6) is 0 Å². The molecule has 0 atom stereocenters. The second kappa shape index (κ2) is 3.44. The molecule has 68 valence electrons. The van der Waals surface area contributed by atoms with E-state index in [4.69, 9.17) is 10.0 Å². The van der Waals surface area contributed by atoms with Crippen LogP contribution in [-0.4, -0.2) is 17.2 Å². The summed E-state index contributed by atoms with van der Waals surface area (Å²) in [6.07, 6.45) is 2.50. The smallest absolute Gasteiger partial charge is 0.423 e. The van der Waals surface area contributed by atoms with Gasteiger partial charge in [-0.2, -0.15) is 0 Å². The first-order valence-corrected chi connectivity index (χ1v) is 5.13. The summed E-state index contributed by atoms with van der Waals surface area (Å²) in [5.74, 6) is 0.680. The van der Waals surface area contributed by atoms with Gasteiger partial charge in [-0.3, -0.25) is 0 Å². The third-order valence-electron chi connectivity index (χ3n) is 2.34. The van der Waals surface area contributed by atoms with Crippen LogP contribution in [-0.2, 0) is 0 Å². The summed E-state index contributed by atoms with van der Waals surface area (Å²) in [7, 11) is -1.37. The molecule has 1 aliphatic carbocycles. The molecular formula is C9H10BBrO2. The van der Waals surface area contributed by atoms with Crippen molar-refractivity contribution in [3.05, 3.63) is 28.2 Å². The molecule has 13 heavy (non-hydrogen) atoms. The Morgan fingerprint density at radius 3 is 2.46 bits per heavy atom. The Balaban J connectivity index is 2.31. The van der Waals surface area contributed by atoms with E-state index in [1.54, 1.807) is 12.1 Å². The largest absolute Gasteiger partial charge is 0.488 e. The minimum Gasteiger partial charge on any atom is -0.423 e. The Hall–Kier alpha value is -0.315. The molecule has 0 amide bonds. The fourth-order valence-electron chi connectivity index (χ4n) is 1.43. The fourth-order valence-corrected chi connectivity index (χ4v) is 2.15. The predicted octanol–water partition coefficient (Wildman–Crippen LogP) is 1.01. The van der Waals surface area contributed by atoms with E-state index in [0.29, 0.717) is 11.4 Å². The van der Waals surface area contributed by atoms with Crippen LogP contribution in [0.15, 0.2) is 22.7 Å². The topological polar surface area (TPSA) is 40.5 Å². The van der Waals surface area contributed by atoms with Crippen molar-refractivity contribution in [3.8, 4) is 0 Å². The molecule has 2 rings (SSSR count). The minimum atomic E-state index is -1.37. The van der Waals surface area contributed by atoms with Gasteiger partial charge in [0, 0.05) is 4.47 Å². The van der Waals surface area contributed by atoms with Crippen LogP contribution < -0.4 is 5.46 Å². The van der Waals surface area contributed by atoms with Crippen molar-refractivity contribution in [2.45, 2.75) is 18.8 Å². The van der Waals surface area contributed by atoms with Gasteiger partial charge in [0.05, 0.1) is 0 Å². The fraction of sp³-hybridized carbons (Fsp3) is 0.333. The van der Waals surface area contributed by atoms with Gasteiger partial charge in [0.1, 0.15) is 0 Å². The molecule has 0 heterocycles. The Morgan fingerprint density at radius 1 is 1.31 bits per heavy atom. The molecule has 0 unspecified atom stereocenters. The summed E-state index contributed by atoms with van der Waals surface area (Å²) in [4.78, 5) is 0. The number of halogens is 1. The maximum atomic E-state index is 8.93. The van der Waals surface area contributed by atoms with E-state index >= 15 is 0 Å². The zero-order valence-electron chi connectivity index (χ0n) is 7.07. The van der Waals surface area contributed by atoms with Gasteiger partial charge in [0.2, 0.25) is 0 Å². The van der Waals surface area contributed by atoms with Crippen molar-refractivity contribution in [1.82, 2.24) is 0 Å². The molecule has 1 aromatic carbocycles. The van der Waals surface area contributed by atoms with Crippen molar-refractivity contribution < 1.29 is 10.0 Å². The third-order valence-corrected chi connectivity index (χ3v) is 3.03. The SMILES string of the molecule is OB(O)c1ccc(C2CC2)c(Br)c1. The van der Waals surface area contributed by atoms with E-state index < -0.39 is 7.12 Å². The van der Waals surface area contributed by atoms with Gasteiger partial charge in [-0.05, 0) is 35.9 Å². The number of hydrogen-bond donors (Lipinski definition) is 2. The Kier molecular flexibility index (Phi) is 2.45. The van der Waals surface area contributed by atoms with E-state index in [1.165, 1.54) is 18.4 Å². The Morgan fingerprint density at radius 2 is 2.00 bits per heavy atom. The summed E-state index contributed by atoms with van der Waals surface area (Å²) < 4.78 is 0.987. The normalized spacial score (nSPS) is 15.9. The summed E-state index contributed by atoms with van der Waals surface area (Å²) in [5.41, 5.74) is 1.82. The Labute approximate surface area is 85.9 Å². The van der Waals surface area contributed by atoms with Crippen LogP contribution in [0.2, 0.25) is 0 Å². The lowest BCUT2D eigenvalue weighted by Crippen LogP contribution is -2.29. The van der Waals surface area contributed by atoms with Crippen molar-refractivity contribution >= 4 is 28.5 Å². The molecule has 1 aliphatic rings. The Bertz CT molecular complexity index is 323. The van der Waals surface area contributed by atoms with Crippen molar-refractivity contribution in [2.75, 3.05) is 0 Å². The van der Waals surface area contributed by atoms with Crippen LogP contribution in [0.3, 0.4) is 0 Å². The molecule has 0 spiro atoms. The maximum Gasteiger partial charge on any atom is 0.488 e. The lowest BCUT2D eigenvalue weighted by Gasteiger charge is -2.05. The van der Waals surface area contributed by atoms with Gasteiger partial charge in [-0.25, -0.2) is 0 Å². The lowest BCUT2D eigenvalue weighted by atomic mass is 9.80. The van der Waals surface area contributed by atoms with E-state index in [2.05, 4.69) is 15.9 Å². The molecule has 1 fully saturated rings. The molecule has 2 nitrogen and oxygen atoms in total. The van der Waals surface area contributed by atoms with E-state index in [9.17, 15) is 0 Å². The molecule has 0 bridgehead atoms. The first-order chi connectivity index (χ1) is 6.18. The molecule has 4 heteroatoms. The third kappa shape index (κ3) is 1.95. The first-order valence-electron chi connectivity index (χ1n) is 4.34. The lowest BCUT2D eigenvalue weighted by molar-refractivity contribution is 0.425. The standard InChI is InChI=1S/C9H10BBrO2/c11-9-5-7(10(12)13)3-4-8(9)6-1-2-6/h3-6,12-13H,1-2H2. The van der Waals surface area contributed by atoms with Crippen molar-refractivity contribution in [3.63, 3.8) is 0 Å². The summed E-state index contributed by atoms with van der Waals surface area (Å²) in [6, 6.07) is 5.51. The monoisotopic (exact) mass is 240 g/mol. The highest BCUT2D eigenvalue weighted by atomic mass is 79.9. The summed E-state index contributed by atoms with van der Waals surface area (Å²) in [5, 5.41) is 17.9. The van der Waals surface area contributed by atoms with Crippen LogP contribution in [0.1, 0.15) is 24.3 Å². The van der Waals surface area contributed by atoms with E-state index in [-0.39, 0.29) is 0 Å². The maximum absolute atomic E-state index is 8.93. The minimum absolute atomic E-state index is 0.538. The van der Waals surface area contributed by atoms with Crippen LogP contribution in [0.25, 0.3) is 0 Å². The molecule has 1 saturated carbocycles. The van der Waals surface area contributed by atoms with E-state index in [1.807, 2.05) is 6.07 Å². The quantitative estimate of drug-likeness (QED) is 0.758. The van der Waals surface area contributed by atoms with E-state index in [0.717, 1.165) is 4.47 Å². The molecule has 0 radical (unpaired) electrons. The van der Waals surface area contributed by atoms with Gasteiger partial charge in [-0.15, -0.1) is 0 Å². The highest BCUT2D eigenvalue weighted by Gasteiger charge is 2.26. The van der Waals surface area contributed by atoms with Gasteiger partial charge in [0.25, 0.3) is 0 Å². The number of rotatable bonds is 2. The van der Waals surface area contributed by atoms with Crippen LogP contribution >= 0.6 is 15.9 Å². The molecule has 0 aromatic heterocycles.